The molecule has 2 aliphatic heterocycles. The second-order valence-electron chi connectivity index (χ2n) is 7.43. The minimum Gasteiger partial charge on any atom is -0.326 e. The van der Waals surface area contributed by atoms with Crippen molar-refractivity contribution in [2.75, 3.05) is 31.4 Å². The van der Waals surface area contributed by atoms with Gasteiger partial charge in [0, 0.05) is 19.6 Å². The Balaban J connectivity index is 1.53. The van der Waals surface area contributed by atoms with Gasteiger partial charge >= 0.3 is 0 Å². The fourth-order valence-corrected chi connectivity index (χ4v) is 5.09. The molecule has 1 N–H and O–H groups in total. The number of likely N-dealkylation sites (N-methyl/N-ethyl adjacent to an activating group) is 1. The van der Waals surface area contributed by atoms with Crippen LogP contribution in [0.4, 0.5) is 5.95 Å². The van der Waals surface area contributed by atoms with Crippen molar-refractivity contribution in [2.24, 2.45) is 0 Å². The Bertz CT molecular complexity index is 1220. The van der Waals surface area contributed by atoms with Crippen LogP contribution in [-0.4, -0.2) is 65.6 Å². The summed E-state index contributed by atoms with van der Waals surface area (Å²) in [5, 5.41) is 4.35. The highest BCUT2D eigenvalue weighted by molar-refractivity contribution is 7.92. The maximum absolute atomic E-state index is 13.4. The summed E-state index contributed by atoms with van der Waals surface area (Å²) in [6.07, 6.45) is 0. The van der Waals surface area contributed by atoms with Gasteiger partial charge in [0.25, 0.3) is 15.9 Å². The summed E-state index contributed by atoms with van der Waals surface area (Å²) >= 11 is 0. The monoisotopic (exact) mass is 424 g/mol. The number of carbonyl (C=O) groups is 1. The lowest BCUT2D eigenvalue weighted by atomic mass is 10.0. The number of benzene rings is 2. The van der Waals surface area contributed by atoms with E-state index in [9.17, 15) is 13.2 Å². The molecule has 2 aliphatic rings. The number of rotatable bonds is 2. The van der Waals surface area contributed by atoms with Crippen LogP contribution in [0.25, 0.3) is 5.69 Å². The molecular formula is C20H20N6O3S. The number of hydrogen-bond donors (Lipinski definition) is 1. The van der Waals surface area contributed by atoms with E-state index in [4.69, 9.17) is 0 Å². The van der Waals surface area contributed by atoms with Gasteiger partial charge in [0.05, 0.1) is 11.7 Å². The number of aromatic nitrogens is 3. The van der Waals surface area contributed by atoms with Crippen molar-refractivity contribution in [3.63, 3.8) is 0 Å². The normalized spacial score (nSPS) is 20.2. The lowest BCUT2D eigenvalue weighted by Gasteiger charge is -2.39. The molecule has 1 saturated heterocycles. The maximum Gasteiger partial charge on any atom is 0.294 e. The summed E-state index contributed by atoms with van der Waals surface area (Å²) in [5.74, 6) is -0.340. The van der Waals surface area contributed by atoms with Crippen molar-refractivity contribution in [1.29, 1.82) is 0 Å². The Kier molecular flexibility index (Phi) is 4.33. The number of hydrogen-bond acceptors (Lipinski definition) is 6. The molecule has 1 aromatic heterocycles. The molecule has 1 atom stereocenters. The number of sulfonamides is 1. The lowest BCUT2D eigenvalue weighted by molar-refractivity contribution is 0.0486. The first-order valence-corrected chi connectivity index (χ1v) is 11.1. The average Bonchev–Trinajstić information content (AvgIpc) is 3.17. The molecule has 0 spiro atoms. The number of fused-ring (bicyclic) bond motifs is 3. The Labute approximate surface area is 174 Å². The van der Waals surface area contributed by atoms with Crippen LogP contribution >= 0.6 is 0 Å². The fourth-order valence-electron chi connectivity index (χ4n) is 3.92. The number of nitrogens with one attached hydrogen (secondary N) is 1. The molecule has 3 heterocycles. The standard InChI is InChI=1S/C20H20N6O3S/c1-24-11-12-25(16(13-24)14-7-3-2-4-8-14)19(27)18-21-20-23-30(28,29)17-10-6-5-9-15(17)26(20)22-18/h2-10,16H,11-13H2,1H3,(H,21,22,23)/t16-/m1/s1. The van der Waals surface area contributed by atoms with E-state index in [-0.39, 0.29) is 28.6 Å². The van der Waals surface area contributed by atoms with Crippen LogP contribution in [0.1, 0.15) is 22.2 Å². The first-order chi connectivity index (χ1) is 14.4. The van der Waals surface area contributed by atoms with E-state index < -0.39 is 10.0 Å². The summed E-state index contributed by atoms with van der Waals surface area (Å²) in [5.41, 5.74) is 1.41. The van der Waals surface area contributed by atoms with Gasteiger partial charge in [-0.2, -0.15) is 9.67 Å². The molecule has 0 unspecified atom stereocenters. The lowest BCUT2D eigenvalue weighted by Crippen LogP contribution is -2.49. The van der Waals surface area contributed by atoms with Gasteiger partial charge in [0.2, 0.25) is 11.8 Å². The second kappa shape index (κ2) is 6.92. The number of carbonyl (C=O) groups excluding carboxylic acids is 1. The van der Waals surface area contributed by atoms with E-state index in [1.54, 1.807) is 23.1 Å². The van der Waals surface area contributed by atoms with Gasteiger partial charge in [-0.25, -0.2) is 13.1 Å². The highest BCUT2D eigenvalue weighted by Crippen LogP contribution is 2.30. The molecular weight excluding hydrogens is 404 g/mol. The first kappa shape index (κ1) is 18.8. The van der Waals surface area contributed by atoms with Gasteiger partial charge in [-0.05, 0) is 24.7 Å². The van der Waals surface area contributed by atoms with Crippen molar-refractivity contribution in [3.05, 3.63) is 66.0 Å². The zero-order valence-electron chi connectivity index (χ0n) is 16.3. The number of para-hydroxylation sites is 1. The SMILES string of the molecule is CN1CCN(C(=O)c2nc3n(n2)-c2ccccc2S(=O)(=O)N3)[C@@H](c2ccccc2)C1. The van der Waals surface area contributed by atoms with Gasteiger partial charge in [-0.1, -0.05) is 42.5 Å². The van der Waals surface area contributed by atoms with Crippen LogP contribution in [0.3, 0.4) is 0 Å². The van der Waals surface area contributed by atoms with Crippen LogP contribution in [0, 0.1) is 0 Å². The third-order valence-corrected chi connectivity index (χ3v) is 6.81. The molecule has 10 heteroatoms. The Hall–Kier alpha value is -3.24. The summed E-state index contributed by atoms with van der Waals surface area (Å²) in [4.78, 5) is 21.6. The van der Waals surface area contributed by atoms with Gasteiger partial charge < -0.3 is 9.80 Å². The summed E-state index contributed by atoms with van der Waals surface area (Å²) < 4.78 is 28.8. The van der Waals surface area contributed by atoms with Gasteiger partial charge in [-0.15, -0.1) is 5.10 Å². The topological polar surface area (TPSA) is 100 Å². The molecule has 2 aromatic carbocycles. The fraction of sp³-hybridized carbons (Fsp3) is 0.250. The Morgan fingerprint density at radius 2 is 1.80 bits per heavy atom. The maximum atomic E-state index is 13.4. The largest absolute Gasteiger partial charge is 0.326 e. The molecule has 0 bridgehead atoms. The molecule has 154 valence electrons. The summed E-state index contributed by atoms with van der Waals surface area (Å²) in [7, 11) is -1.73. The zero-order chi connectivity index (χ0) is 20.9. The van der Waals surface area contributed by atoms with Crippen LogP contribution in [-0.2, 0) is 10.0 Å². The van der Waals surface area contributed by atoms with Crippen LogP contribution < -0.4 is 4.72 Å². The van der Waals surface area contributed by atoms with Crippen molar-refractivity contribution < 1.29 is 13.2 Å². The van der Waals surface area contributed by atoms with E-state index in [0.29, 0.717) is 18.8 Å². The van der Waals surface area contributed by atoms with Crippen LogP contribution in [0.2, 0.25) is 0 Å². The number of piperazine rings is 1. The van der Waals surface area contributed by atoms with Crippen LogP contribution in [0.15, 0.2) is 59.5 Å². The minimum absolute atomic E-state index is 0.0161. The Morgan fingerprint density at radius 1 is 1.07 bits per heavy atom. The quantitative estimate of drug-likeness (QED) is 0.669. The van der Waals surface area contributed by atoms with Gasteiger partial charge in [-0.3, -0.25) is 4.79 Å². The smallest absolute Gasteiger partial charge is 0.294 e. The highest BCUT2D eigenvalue weighted by atomic mass is 32.2. The van der Waals surface area contributed by atoms with Gasteiger partial charge in [0.15, 0.2) is 0 Å². The molecule has 0 aliphatic carbocycles. The van der Waals surface area contributed by atoms with Crippen molar-refractivity contribution >= 4 is 21.9 Å². The molecule has 5 rings (SSSR count). The molecule has 1 fully saturated rings. The van der Waals surface area contributed by atoms with E-state index in [0.717, 1.165) is 12.1 Å². The number of anilines is 1. The van der Waals surface area contributed by atoms with E-state index in [1.165, 1.54) is 10.7 Å². The van der Waals surface area contributed by atoms with Crippen LogP contribution in [0.5, 0.6) is 0 Å². The molecule has 0 saturated carbocycles. The van der Waals surface area contributed by atoms with Crippen molar-refractivity contribution in [3.8, 4) is 5.69 Å². The van der Waals surface area contributed by atoms with Gasteiger partial charge in [0.1, 0.15) is 4.90 Å². The number of nitrogens with zero attached hydrogens (tertiary/aromatic N) is 5. The molecule has 30 heavy (non-hydrogen) atoms. The molecule has 3 aromatic rings. The number of amides is 1. The molecule has 1 amide bonds. The molecule has 0 radical (unpaired) electrons. The van der Waals surface area contributed by atoms with Crippen molar-refractivity contribution in [1.82, 2.24) is 24.6 Å². The van der Waals surface area contributed by atoms with E-state index in [1.807, 2.05) is 37.4 Å². The first-order valence-electron chi connectivity index (χ1n) is 9.58. The zero-order valence-corrected chi connectivity index (χ0v) is 17.1. The summed E-state index contributed by atoms with van der Waals surface area (Å²) in [6.45, 7) is 1.96. The van der Waals surface area contributed by atoms with E-state index in [2.05, 4.69) is 19.7 Å². The Morgan fingerprint density at radius 3 is 2.60 bits per heavy atom. The predicted molar refractivity (Wildman–Crippen MR) is 110 cm³/mol. The second-order valence-corrected chi connectivity index (χ2v) is 9.08. The molecule has 9 nitrogen and oxygen atoms in total. The van der Waals surface area contributed by atoms with Crippen molar-refractivity contribution in [2.45, 2.75) is 10.9 Å². The summed E-state index contributed by atoms with van der Waals surface area (Å²) in [6, 6.07) is 16.2. The van der Waals surface area contributed by atoms with E-state index >= 15 is 0 Å². The minimum atomic E-state index is -3.76. The average molecular weight is 424 g/mol. The third-order valence-electron chi connectivity index (χ3n) is 5.44. The predicted octanol–water partition coefficient (Wildman–Crippen LogP) is 1.51. The highest BCUT2D eigenvalue weighted by Gasteiger charge is 2.35. The third kappa shape index (κ3) is 3.04.